The molecule has 1 amide bonds. The number of carbonyl (C=O) groups is 1. The highest BCUT2D eigenvalue weighted by Crippen LogP contribution is 2.23. The molecule has 1 aliphatic rings. The van der Waals surface area contributed by atoms with Crippen LogP contribution in [0.2, 0.25) is 0 Å². The van der Waals surface area contributed by atoms with E-state index in [0.717, 1.165) is 11.1 Å². The summed E-state index contributed by atoms with van der Waals surface area (Å²) in [6, 6.07) is 17.3. The Morgan fingerprint density at radius 1 is 1.00 bits per heavy atom. The number of H-pyrrole nitrogens is 1. The molecule has 9 nitrogen and oxygen atoms in total. The molecule has 0 bridgehead atoms. The van der Waals surface area contributed by atoms with Gasteiger partial charge in [-0.15, -0.1) is 0 Å². The largest absolute Gasteiger partial charge is 0.339 e. The van der Waals surface area contributed by atoms with E-state index in [2.05, 4.69) is 16.0 Å². The molecule has 174 valence electrons. The molecule has 1 N–H and O–H groups in total. The molecule has 34 heavy (non-hydrogen) atoms. The van der Waals surface area contributed by atoms with Gasteiger partial charge in [0.2, 0.25) is 5.95 Å². The zero-order valence-electron chi connectivity index (χ0n) is 19.2. The van der Waals surface area contributed by atoms with Crippen molar-refractivity contribution in [3.8, 4) is 0 Å². The van der Waals surface area contributed by atoms with Crippen molar-refractivity contribution in [2.45, 2.75) is 13.5 Å². The Morgan fingerprint density at radius 3 is 2.44 bits per heavy atom. The summed E-state index contributed by atoms with van der Waals surface area (Å²) >= 11 is 0. The number of amides is 1. The Labute approximate surface area is 195 Å². The Morgan fingerprint density at radius 2 is 1.74 bits per heavy atom. The van der Waals surface area contributed by atoms with Crippen molar-refractivity contribution in [1.82, 2.24) is 24.0 Å². The van der Waals surface area contributed by atoms with Crippen LogP contribution in [0.3, 0.4) is 0 Å². The van der Waals surface area contributed by atoms with Crippen LogP contribution in [-0.2, 0) is 13.6 Å². The summed E-state index contributed by atoms with van der Waals surface area (Å²) in [4.78, 5) is 48.9. The SMILES string of the molecule is Cc1cccc(Cn2c(N3CCN(C(=O)c4ccccc4)CC3)nc3c2c(=O)[nH]c(=O)n3C)c1. The monoisotopic (exact) mass is 458 g/mol. The number of aromatic amines is 1. The number of hydrogen-bond donors (Lipinski definition) is 1. The minimum atomic E-state index is -0.498. The third-order valence-electron chi connectivity index (χ3n) is 6.28. The molecule has 1 fully saturated rings. The van der Waals surface area contributed by atoms with Crippen molar-refractivity contribution in [3.05, 3.63) is 92.1 Å². The molecular formula is C25H26N6O3. The van der Waals surface area contributed by atoms with E-state index >= 15 is 0 Å². The molecule has 4 aromatic rings. The van der Waals surface area contributed by atoms with Crippen molar-refractivity contribution in [1.29, 1.82) is 0 Å². The van der Waals surface area contributed by atoms with E-state index in [-0.39, 0.29) is 5.91 Å². The molecule has 0 unspecified atom stereocenters. The van der Waals surface area contributed by atoms with Crippen LogP contribution in [0.1, 0.15) is 21.5 Å². The third-order valence-corrected chi connectivity index (χ3v) is 6.28. The second kappa shape index (κ2) is 8.66. The van der Waals surface area contributed by atoms with E-state index in [9.17, 15) is 14.4 Å². The van der Waals surface area contributed by atoms with E-state index in [1.807, 2.05) is 64.9 Å². The quantitative estimate of drug-likeness (QED) is 0.503. The number of rotatable bonds is 4. The first-order valence-electron chi connectivity index (χ1n) is 11.3. The summed E-state index contributed by atoms with van der Waals surface area (Å²) in [7, 11) is 1.60. The second-order valence-corrected chi connectivity index (χ2v) is 8.62. The van der Waals surface area contributed by atoms with E-state index in [4.69, 9.17) is 4.98 Å². The number of nitrogens with one attached hydrogen (secondary N) is 1. The first-order chi connectivity index (χ1) is 16.4. The molecule has 5 rings (SSSR count). The van der Waals surface area contributed by atoms with Crippen LogP contribution in [0.25, 0.3) is 11.2 Å². The molecule has 0 radical (unpaired) electrons. The van der Waals surface area contributed by atoms with Crippen LogP contribution >= 0.6 is 0 Å². The number of carbonyl (C=O) groups excluding carboxylic acids is 1. The number of imidazole rings is 1. The maximum atomic E-state index is 12.9. The summed E-state index contributed by atoms with van der Waals surface area (Å²) in [5.74, 6) is 0.627. The fraction of sp³-hybridized carbons (Fsp3) is 0.280. The fourth-order valence-corrected chi connectivity index (χ4v) is 4.48. The molecule has 2 aromatic carbocycles. The van der Waals surface area contributed by atoms with Gasteiger partial charge in [0.15, 0.2) is 11.2 Å². The van der Waals surface area contributed by atoms with Gasteiger partial charge in [0.05, 0.1) is 6.54 Å². The van der Waals surface area contributed by atoms with Crippen LogP contribution in [0.4, 0.5) is 5.95 Å². The van der Waals surface area contributed by atoms with Gasteiger partial charge in [0.25, 0.3) is 11.5 Å². The summed E-state index contributed by atoms with van der Waals surface area (Å²) in [5, 5.41) is 0. The van der Waals surface area contributed by atoms with Gasteiger partial charge in [0, 0.05) is 38.8 Å². The Balaban J connectivity index is 1.50. The number of benzene rings is 2. The number of hydrogen-bond acceptors (Lipinski definition) is 5. The zero-order chi connectivity index (χ0) is 23.8. The smallest absolute Gasteiger partial charge is 0.329 e. The predicted octanol–water partition coefficient (Wildman–Crippen LogP) is 1.74. The van der Waals surface area contributed by atoms with Crippen LogP contribution < -0.4 is 16.1 Å². The normalized spacial score (nSPS) is 14.1. The first kappa shape index (κ1) is 21.7. The highest BCUT2D eigenvalue weighted by atomic mass is 16.2. The minimum absolute atomic E-state index is 0.00681. The average molecular weight is 459 g/mol. The van der Waals surface area contributed by atoms with Crippen molar-refractivity contribution >= 4 is 23.0 Å². The number of piperazine rings is 1. The first-order valence-corrected chi connectivity index (χ1v) is 11.3. The van der Waals surface area contributed by atoms with Gasteiger partial charge in [-0.25, -0.2) is 4.79 Å². The molecule has 0 aliphatic carbocycles. The van der Waals surface area contributed by atoms with Gasteiger partial charge in [-0.05, 0) is 24.6 Å². The third kappa shape index (κ3) is 3.89. The van der Waals surface area contributed by atoms with Crippen molar-refractivity contribution in [2.24, 2.45) is 7.05 Å². The molecule has 0 saturated carbocycles. The van der Waals surface area contributed by atoms with Crippen LogP contribution in [0.5, 0.6) is 0 Å². The lowest BCUT2D eigenvalue weighted by atomic mass is 10.1. The maximum absolute atomic E-state index is 12.9. The van der Waals surface area contributed by atoms with E-state index < -0.39 is 11.2 Å². The molecule has 3 heterocycles. The van der Waals surface area contributed by atoms with Gasteiger partial charge in [0.1, 0.15) is 0 Å². The number of nitrogens with zero attached hydrogens (tertiary/aromatic N) is 5. The number of aryl methyl sites for hydroxylation is 2. The van der Waals surface area contributed by atoms with Gasteiger partial charge in [-0.3, -0.25) is 23.7 Å². The molecule has 0 atom stereocenters. The number of anilines is 1. The molecular weight excluding hydrogens is 432 g/mol. The van der Waals surface area contributed by atoms with Crippen LogP contribution in [0.15, 0.2) is 64.2 Å². The summed E-state index contributed by atoms with van der Waals surface area (Å²) in [6.07, 6.45) is 0. The second-order valence-electron chi connectivity index (χ2n) is 8.62. The molecule has 1 saturated heterocycles. The lowest BCUT2D eigenvalue weighted by Crippen LogP contribution is -2.49. The molecule has 9 heteroatoms. The topological polar surface area (TPSA) is 96.2 Å². The Kier molecular flexibility index (Phi) is 5.53. The van der Waals surface area contributed by atoms with E-state index in [1.54, 1.807) is 7.05 Å². The number of fused-ring (bicyclic) bond motifs is 1. The lowest BCUT2D eigenvalue weighted by molar-refractivity contribution is 0.0746. The fourth-order valence-electron chi connectivity index (χ4n) is 4.48. The Bertz CT molecular complexity index is 1480. The molecule has 2 aromatic heterocycles. The van der Waals surface area contributed by atoms with Gasteiger partial charge in [-0.2, -0.15) is 4.98 Å². The van der Waals surface area contributed by atoms with E-state index in [0.29, 0.717) is 55.4 Å². The van der Waals surface area contributed by atoms with Crippen molar-refractivity contribution < 1.29 is 4.79 Å². The van der Waals surface area contributed by atoms with Gasteiger partial charge >= 0.3 is 5.69 Å². The maximum Gasteiger partial charge on any atom is 0.329 e. The summed E-state index contributed by atoms with van der Waals surface area (Å²) in [5.41, 5.74) is 2.58. The average Bonchev–Trinajstić information content (AvgIpc) is 3.22. The van der Waals surface area contributed by atoms with Crippen LogP contribution in [0, 0.1) is 6.92 Å². The van der Waals surface area contributed by atoms with Crippen LogP contribution in [-0.4, -0.2) is 56.1 Å². The zero-order valence-corrected chi connectivity index (χ0v) is 19.2. The summed E-state index contributed by atoms with van der Waals surface area (Å²) in [6.45, 7) is 4.68. The summed E-state index contributed by atoms with van der Waals surface area (Å²) < 4.78 is 3.24. The molecule has 1 aliphatic heterocycles. The highest BCUT2D eigenvalue weighted by molar-refractivity contribution is 5.94. The lowest BCUT2D eigenvalue weighted by Gasteiger charge is -2.35. The minimum Gasteiger partial charge on any atom is -0.339 e. The molecule has 0 spiro atoms. The number of aromatic nitrogens is 4. The predicted molar refractivity (Wildman–Crippen MR) is 130 cm³/mol. The van der Waals surface area contributed by atoms with Crippen molar-refractivity contribution in [3.63, 3.8) is 0 Å². The van der Waals surface area contributed by atoms with Gasteiger partial charge in [-0.1, -0.05) is 48.0 Å². The van der Waals surface area contributed by atoms with E-state index in [1.165, 1.54) is 4.57 Å². The standard InChI is InChI=1S/C25H26N6O3/c1-17-7-6-8-18(15-17)16-31-20-21(28(2)25(34)27-22(20)32)26-24(31)30-13-11-29(12-14-30)23(33)19-9-4-3-5-10-19/h3-10,15H,11-14,16H2,1-2H3,(H,27,32,34). The highest BCUT2D eigenvalue weighted by Gasteiger charge is 2.27. The van der Waals surface area contributed by atoms with Crippen molar-refractivity contribution in [2.75, 3.05) is 31.1 Å². The van der Waals surface area contributed by atoms with Gasteiger partial charge < -0.3 is 9.80 Å². The Hall–Kier alpha value is -4.14.